The highest BCUT2D eigenvalue weighted by molar-refractivity contribution is 5.77. The number of phenolic OH excluding ortho intramolecular Hbond substituents is 9. The molecule has 0 saturated carbocycles. The Kier molecular flexibility index (Phi) is 9.96. The molecule has 0 fully saturated rings. The Labute approximate surface area is 389 Å². The summed E-state index contributed by atoms with van der Waals surface area (Å²) in [5, 5.41) is 95.9. The van der Waals surface area contributed by atoms with Gasteiger partial charge in [0.05, 0.1) is 17.8 Å². The number of hydrogen-bond acceptors (Lipinski definition) is 12. The molecule has 68 heavy (non-hydrogen) atoms. The number of hydrogen-bond donors (Lipinski definition) is 9. The average molecular weight is 907 g/mol. The molecule has 0 unspecified atom stereocenters. The summed E-state index contributed by atoms with van der Waals surface area (Å²) in [4.78, 5) is 0. The molecule has 6 atom stereocenters. The molecule has 12 nitrogen and oxygen atoms in total. The smallest absolute Gasteiger partial charge is 0.135 e. The molecular formula is C56H42O12. The molecule has 0 bridgehead atoms. The summed E-state index contributed by atoms with van der Waals surface area (Å²) in [7, 11) is 0. The largest absolute Gasteiger partial charge is 0.508 e. The van der Waals surface area contributed by atoms with Gasteiger partial charge in [0.1, 0.15) is 87.3 Å². The second kappa shape index (κ2) is 16.2. The van der Waals surface area contributed by atoms with Crippen LogP contribution in [0, 0.1) is 0 Å². The SMILES string of the molecule is Oc1ccc([C@H]2Oc3cc(O)cc([C@@H]4c5ccc(/C=C/c6cc(O)cc7c6[C@H](c6ccc(O)cc6O)[C@@H](c6ccc(O)cc6)O7)cc5O[C@H]4c4ccc(O)cc4)c3[C@@H]2c2cc(O)cc(O)c2)cc1. The van der Waals surface area contributed by atoms with Crippen LogP contribution in [0.4, 0.5) is 0 Å². The quantitative estimate of drug-likeness (QED) is 0.0652. The van der Waals surface area contributed by atoms with Crippen molar-refractivity contribution in [2.75, 3.05) is 0 Å². The van der Waals surface area contributed by atoms with Gasteiger partial charge in [-0.2, -0.15) is 0 Å². The first-order chi connectivity index (χ1) is 32.8. The van der Waals surface area contributed by atoms with Gasteiger partial charge >= 0.3 is 0 Å². The van der Waals surface area contributed by atoms with E-state index in [1.54, 1.807) is 109 Å². The van der Waals surface area contributed by atoms with E-state index in [9.17, 15) is 46.0 Å². The second-order valence-corrected chi connectivity index (χ2v) is 17.4. The van der Waals surface area contributed by atoms with Crippen LogP contribution in [-0.2, 0) is 0 Å². The summed E-state index contributed by atoms with van der Waals surface area (Å²) in [6, 6.07) is 40.8. The molecule has 3 aliphatic heterocycles. The van der Waals surface area contributed by atoms with Crippen LogP contribution in [0.5, 0.6) is 69.0 Å². The van der Waals surface area contributed by atoms with Crippen LogP contribution in [0.2, 0.25) is 0 Å². The first-order valence-electron chi connectivity index (χ1n) is 21.8. The summed E-state index contributed by atoms with van der Waals surface area (Å²) in [6.45, 7) is 0. The molecule has 11 rings (SSSR count). The van der Waals surface area contributed by atoms with E-state index in [4.69, 9.17) is 14.2 Å². The van der Waals surface area contributed by atoms with Crippen molar-refractivity contribution in [3.63, 3.8) is 0 Å². The lowest BCUT2D eigenvalue weighted by atomic mass is 9.76. The van der Waals surface area contributed by atoms with E-state index in [2.05, 4.69) is 0 Å². The number of benzene rings is 8. The van der Waals surface area contributed by atoms with Gasteiger partial charge in [0, 0.05) is 46.5 Å². The van der Waals surface area contributed by atoms with Gasteiger partial charge in [0.15, 0.2) is 0 Å². The summed E-state index contributed by atoms with van der Waals surface area (Å²) >= 11 is 0. The van der Waals surface area contributed by atoms with E-state index in [0.29, 0.717) is 61.8 Å². The van der Waals surface area contributed by atoms with E-state index >= 15 is 0 Å². The number of rotatable bonds is 8. The molecule has 0 spiro atoms. The van der Waals surface area contributed by atoms with Gasteiger partial charge in [-0.05, 0) is 112 Å². The highest BCUT2D eigenvalue weighted by atomic mass is 16.5. The normalized spacial score (nSPS) is 20.0. The van der Waals surface area contributed by atoms with Gasteiger partial charge < -0.3 is 60.2 Å². The van der Waals surface area contributed by atoms with Crippen molar-refractivity contribution in [3.8, 4) is 69.0 Å². The first-order valence-corrected chi connectivity index (χ1v) is 21.8. The topological polar surface area (TPSA) is 210 Å². The molecule has 3 heterocycles. The van der Waals surface area contributed by atoms with Gasteiger partial charge in [-0.3, -0.25) is 0 Å². The molecule has 9 N–H and O–H groups in total. The molecule has 8 aromatic carbocycles. The van der Waals surface area contributed by atoms with E-state index in [1.165, 1.54) is 24.3 Å². The fourth-order valence-electron chi connectivity index (χ4n) is 10.2. The zero-order valence-corrected chi connectivity index (χ0v) is 35.8. The van der Waals surface area contributed by atoms with Crippen molar-refractivity contribution in [3.05, 3.63) is 213 Å². The number of fused-ring (bicyclic) bond motifs is 3. The van der Waals surface area contributed by atoms with Crippen LogP contribution in [0.15, 0.2) is 152 Å². The van der Waals surface area contributed by atoms with Crippen LogP contribution in [0.25, 0.3) is 12.2 Å². The highest BCUT2D eigenvalue weighted by Gasteiger charge is 2.46. The summed E-state index contributed by atoms with van der Waals surface area (Å²) < 4.78 is 20.1. The van der Waals surface area contributed by atoms with Crippen LogP contribution in [0.3, 0.4) is 0 Å². The Hall–Kier alpha value is -8.90. The third-order valence-corrected chi connectivity index (χ3v) is 13.1. The highest BCUT2D eigenvalue weighted by Crippen LogP contribution is 2.59. The Balaban J connectivity index is 1.02. The molecular weight excluding hydrogens is 865 g/mol. The van der Waals surface area contributed by atoms with Crippen molar-refractivity contribution >= 4 is 12.2 Å². The zero-order chi connectivity index (χ0) is 47.0. The maximum atomic E-state index is 11.4. The van der Waals surface area contributed by atoms with Gasteiger partial charge in [-0.1, -0.05) is 66.7 Å². The van der Waals surface area contributed by atoms with Crippen LogP contribution >= 0.6 is 0 Å². The van der Waals surface area contributed by atoms with Crippen molar-refractivity contribution in [2.24, 2.45) is 0 Å². The number of phenols is 9. The molecule has 0 saturated heterocycles. The minimum Gasteiger partial charge on any atom is -0.508 e. The first kappa shape index (κ1) is 41.8. The van der Waals surface area contributed by atoms with E-state index < -0.39 is 36.1 Å². The lowest BCUT2D eigenvalue weighted by Gasteiger charge is -2.25. The van der Waals surface area contributed by atoms with Crippen molar-refractivity contribution < 1.29 is 60.2 Å². The van der Waals surface area contributed by atoms with E-state index in [0.717, 1.165) is 16.7 Å². The van der Waals surface area contributed by atoms with Gasteiger partial charge in [0.2, 0.25) is 0 Å². The molecule has 8 aromatic rings. The lowest BCUT2D eigenvalue weighted by Crippen LogP contribution is -2.16. The van der Waals surface area contributed by atoms with E-state index in [1.807, 2.05) is 30.4 Å². The Morgan fingerprint density at radius 1 is 0.309 bits per heavy atom. The third kappa shape index (κ3) is 7.37. The maximum absolute atomic E-state index is 11.4. The molecule has 12 heteroatoms. The fourth-order valence-corrected chi connectivity index (χ4v) is 10.2. The van der Waals surface area contributed by atoms with Crippen molar-refractivity contribution in [1.82, 2.24) is 0 Å². The number of ether oxygens (including phenoxy) is 3. The van der Waals surface area contributed by atoms with Gasteiger partial charge in [-0.15, -0.1) is 0 Å². The summed E-state index contributed by atoms with van der Waals surface area (Å²) in [5.74, 6) is -0.903. The van der Waals surface area contributed by atoms with Crippen LogP contribution < -0.4 is 14.2 Å². The maximum Gasteiger partial charge on any atom is 0.135 e. The minimum atomic E-state index is -0.702. The van der Waals surface area contributed by atoms with E-state index in [-0.39, 0.29) is 51.7 Å². The summed E-state index contributed by atoms with van der Waals surface area (Å²) in [6.07, 6.45) is 1.66. The Bertz CT molecular complexity index is 3270. The van der Waals surface area contributed by atoms with Crippen LogP contribution in [-0.4, -0.2) is 46.0 Å². The second-order valence-electron chi connectivity index (χ2n) is 17.4. The molecule has 0 amide bonds. The molecule has 3 aliphatic rings. The lowest BCUT2D eigenvalue weighted by molar-refractivity contribution is 0.220. The predicted octanol–water partition coefficient (Wildman–Crippen LogP) is 11.0. The summed E-state index contributed by atoms with van der Waals surface area (Å²) in [5.41, 5.74) is 7.34. The monoisotopic (exact) mass is 906 g/mol. The average Bonchev–Trinajstić information content (AvgIpc) is 4.00. The molecule has 338 valence electrons. The molecule has 0 aromatic heterocycles. The minimum absolute atomic E-state index is 0.0465. The van der Waals surface area contributed by atoms with Crippen molar-refractivity contribution in [1.29, 1.82) is 0 Å². The van der Waals surface area contributed by atoms with Crippen molar-refractivity contribution in [2.45, 2.75) is 36.1 Å². The standard InChI is InChI=1S/C56H42O12/c57-34-10-4-29(5-11-34)54-50(33-21-38(61)23-39(62)22-33)52-44(24-41(64)27-48(52)68-54)51-43-17-2-28(19-46(43)66-55(51)30-6-12-35(58)13-7-30)1-3-32-20-40(63)26-47-49(32)53(42-18-16-37(60)25-45(42)65)56(67-47)31-8-14-36(59)15-9-31/h1-27,50-51,53-65H/b3-1+/t50-,51-,53-,54+,55-,56+/m0/s1. The molecule has 0 radical (unpaired) electrons. The predicted molar refractivity (Wildman–Crippen MR) is 251 cm³/mol. The molecule has 0 aliphatic carbocycles. The number of aromatic hydroxyl groups is 9. The fraction of sp³-hybridized carbons (Fsp3) is 0.107. The Morgan fingerprint density at radius 3 is 1.38 bits per heavy atom. The zero-order valence-electron chi connectivity index (χ0n) is 35.8. The van der Waals surface area contributed by atoms with Gasteiger partial charge in [-0.25, -0.2) is 0 Å². The Morgan fingerprint density at radius 2 is 0.794 bits per heavy atom. The van der Waals surface area contributed by atoms with Crippen LogP contribution in [0.1, 0.15) is 97.3 Å². The van der Waals surface area contributed by atoms with Gasteiger partial charge in [0.25, 0.3) is 0 Å². The third-order valence-electron chi connectivity index (χ3n) is 13.1.